The van der Waals surface area contributed by atoms with Crippen LogP contribution in [0.4, 0.5) is 5.82 Å². The lowest BCUT2D eigenvalue weighted by molar-refractivity contribution is -0.117. The molecule has 0 atom stereocenters. The van der Waals surface area contributed by atoms with E-state index >= 15 is 0 Å². The van der Waals surface area contributed by atoms with E-state index in [-0.39, 0.29) is 17.1 Å². The van der Waals surface area contributed by atoms with E-state index < -0.39 is 15.9 Å². The summed E-state index contributed by atoms with van der Waals surface area (Å²) in [6, 6.07) is 8.11. The fourth-order valence-corrected chi connectivity index (χ4v) is 3.36. The first-order valence-electron chi connectivity index (χ1n) is 6.30. The van der Waals surface area contributed by atoms with Crippen LogP contribution in [-0.2, 0) is 21.2 Å². The molecule has 1 heterocycles. The summed E-state index contributed by atoms with van der Waals surface area (Å²) in [6.07, 6.45) is 1.42. The molecule has 0 spiro atoms. The standard InChI is InChI=1S/C14H14IN3O3S/c1-9-2-4-12(5-3-9)22(20,21)18-14-10(7-13(16)19)6-11(15)8-17-14/h2-6,8H,7H2,1H3,(H2,16,19)(H,17,18). The number of primary amides is 1. The lowest BCUT2D eigenvalue weighted by Gasteiger charge is -2.11. The Kier molecular flexibility index (Phi) is 5.01. The quantitative estimate of drug-likeness (QED) is 0.706. The van der Waals surface area contributed by atoms with Gasteiger partial charge in [-0.2, -0.15) is 0 Å². The van der Waals surface area contributed by atoms with Crippen LogP contribution in [0.3, 0.4) is 0 Å². The number of carbonyl (C=O) groups excluding carboxylic acids is 1. The Balaban J connectivity index is 2.37. The van der Waals surface area contributed by atoms with Crippen molar-refractivity contribution in [1.29, 1.82) is 0 Å². The van der Waals surface area contributed by atoms with Crippen molar-refractivity contribution in [2.45, 2.75) is 18.2 Å². The third-order valence-corrected chi connectivity index (χ3v) is 4.81. The molecule has 0 saturated heterocycles. The Bertz CT molecular complexity index is 805. The van der Waals surface area contributed by atoms with E-state index in [1.54, 1.807) is 18.2 Å². The molecule has 0 aliphatic heterocycles. The van der Waals surface area contributed by atoms with Gasteiger partial charge in [-0.1, -0.05) is 17.7 Å². The van der Waals surface area contributed by atoms with Gasteiger partial charge in [0.05, 0.1) is 11.3 Å². The number of hydrogen-bond donors (Lipinski definition) is 2. The maximum atomic E-state index is 12.4. The SMILES string of the molecule is Cc1ccc(S(=O)(=O)Nc2ncc(I)cc2CC(N)=O)cc1. The van der Waals surface area contributed by atoms with Crippen LogP contribution in [-0.4, -0.2) is 19.3 Å². The van der Waals surface area contributed by atoms with Gasteiger partial charge in [-0.15, -0.1) is 0 Å². The molecule has 22 heavy (non-hydrogen) atoms. The number of pyridine rings is 1. The largest absolute Gasteiger partial charge is 0.369 e. The summed E-state index contributed by atoms with van der Waals surface area (Å²) in [5, 5.41) is 0. The third-order valence-electron chi connectivity index (χ3n) is 2.86. The van der Waals surface area contributed by atoms with Crippen LogP contribution in [0, 0.1) is 10.5 Å². The highest BCUT2D eigenvalue weighted by molar-refractivity contribution is 14.1. The minimum absolute atomic E-state index is 0.0877. The van der Waals surface area contributed by atoms with Gasteiger partial charge in [-0.05, 0) is 47.7 Å². The number of anilines is 1. The summed E-state index contributed by atoms with van der Waals surface area (Å²) in [5.41, 5.74) is 6.59. The van der Waals surface area contributed by atoms with Crippen molar-refractivity contribution in [2.75, 3.05) is 4.72 Å². The average Bonchev–Trinajstić information content (AvgIpc) is 2.41. The van der Waals surface area contributed by atoms with Crippen LogP contribution in [0.1, 0.15) is 11.1 Å². The molecule has 3 N–H and O–H groups in total. The zero-order chi connectivity index (χ0) is 16.3. The van der Waals surface area contributed by atoms with Gasteiger partial charge in [-0.3, -0.25) is 9.52 Å². The topological polar surface area (TPSA) is 102 Å². The molecule has 2 rings (SSSR count). The second-order valence-corrected chi connectivity index (χ2v) is 7.65. The average molecular weight is 431 g/mol. The molecule has 0 unspecified atom stereocenters. The summed E-state index contributed by atoms with van der Waals surface area (Å²) in [5.74, 6) is -0.445. The van der Waals surface area contributed by atoms with E-state index in [1.165, 1.54) is 18.3 Å². The summed E-state index contributed by atoms with van der Waals surface area (Å²) in [7, 11) is -3.77. The Morgan fingerprint density at radius 3 is 2.55 bits per heavy atom. The molecule has 2 aromatic rings. The van der Waals surface area contributed by atoms with Crippen molar-refractivity contribution in [2.24, 2.45) is 5.73 Å². The number of sulfonamides is 1. The maximum absolute atomic E-state index is 12.4. The van der Waals surface area contributed by atoms with Gasteiger partial charge in [-0.25, -0.2) is 13.4 Å². The molecule has 116 valence electrons. The number of aryl methyl sites for hydroxylation is 1. The fourth-order valence-electron chi connectivity index (χ4n) is 1.80. The molecule has 6 nitrogen and oxygen atoms in total. The third kappa shape index (κ3) is 4.17. The molecule has 1 aromatic carbocycles. The first kappa shape index (κ1) is 16.7. The highest BCUT2D eigenvalue weighted by Gasteiger charge is 2.17. The number of aromatic nitrogens is 1. The summed E-state index contributed by atoms with van der Waals surface area (Å²) < 4.78 is 27.9. The van der Waals surface area contributed by atoms with Gasteiger partial charge in [0.1, 0.15) is 5.82 Å². The first-order valence-corrected chi connectivity index (χ1v) is 8.86. The van der Waals surface area contributed by atoms with Crippen LogP contribution in [0.2, 0.25) is 0 Å². The van der Waals surface area contributed by atoms with Crippen molar-refractivity contribution in [3.05, 3.63) is 51.2 Å². The first-order chi connectivity index (χ1) is 10.3. The fraction of sp³-hybridized carbons (Fsp3) is 0.143. The van der Waals surface area contributed by atoms with E-state index in [9.17, 15) is 13.2 Å². The molecule has 0 radical (unpaired) electrons. The monoisotopic (exact) mass is 431 g/mol. The summed E-state index contributed by atoms with van der Waals surface area (Å²) in [6.45, 7) is 1.87. The van der Waals surface area contributed by atoms with Crippen molar-refractivity contribution in [3.8, 4) is 0 Å². The van der Waals surface area contributed by atoms with Crippen LogP contribution >= 0.6 is 22.6 Å². The van der Waals surface area contributed by atoms with Gasteiger partial charge in [0.2, 0.25) is 5.91 Å². The Morgan fingerprint density at radius 1 is 1.32 bits per heavy atom. The highest BCUT2D eigenvalue weighted by atomic mass is 127. The van der Waals surface area contributed by atoms with Crippen LogP contribution < -0.4 is 10.5 Å². The summed E-state index contributed by atoms with van der Waals surface area (Å²) >= 11 is 2.03. The summed E-state index contributed by atoms with van der Waals surface area (Å²) in [4.78, 5) is 15.3. The van der Waals surface area contributed by atoms with Crippen molar-refractivity contribution >= 4 is 44.3 Å². The van der Waals surface area contributed by atoms with E-state index in [4.69, 9.17) is 5.73 Å². The normalized spacial score (nSPS) is 11.2. The molecule has 0 fully saturated rings. The number of carbonyl (C=O) groups is 1. The lowest BCUT2D eigenvalue weighted by Crippen LogP contribution is -2.19. The second kappa shape index (κ2) is 6.61. The molecule has 1 amide bonds. The number of hydrogen-bond acceptors (Lipinski definition) is 4. The van der Waals surface area contributed by atoms with E-state index in [0.717, 1.165) is 9.13 Å². The zero-order valence-corrected chi connectivity index (χ0v) is 14.7. The Morgan fingerprint density at radius 2 is 1.95 bits per heavy atom. The highest BCUT2D eigenvalue weighted by Crippen LogP contribution is 2.20. The Labute approximate surface area is 142 Å². The van der Waals surface area contributed by atoms with Gasteiger partial charge >= 0.3 is 0 Å². The number of benzene rings is 1. The van der Waals surface area contributed by atoms with Gasteiger partial charge < -0.3 is 5.73 Å². The predicted molar refractivity (Wildman–Crippen MR) is 91.8 cm³/mol. The molecule has 0 saturated carbocycles. The number of amides is 1. The molecular formula is C14H14IN3O3S. The lowest BCUT2D eigenvalue weighted by atomic mass is 10.2. The van der Waals surface area contributed by atoms with Gasteiger partial charge in [0, 0.05) is 15.3 Å². The molecule has 0 aliphatic rings. The number of nitrogens with one attached hydrogen (secondary N) is 1. The molecule has 1 aromatic heterocycles. The molecular weight excluding hydrogens is 417 g/mol. The number of rotatable bonds is 5. The van der Waals surface area contributed by atoms with Crippen LogP contribution in [0.15, 0.2) is 41.4 Å². The molecule has 0 aliphatic carbocycles. The van der Waals surface area contributed by atoms with Gasteiger partial charge in [0.15, 0.2) is 0 Å². The van der Waals surface area contributed by atoms with Crippen molar-refractivity contribution in [3.63, 3.8) is 0 Å². The number of halogens is 1. The second-order valence-electron chi connectivity index (χ2n) is 4.72. The van der Waals surface area contributed by atoms with Gasteiger partial charge in [0.25, 0.3) is 10.0 Å². The number of nitrogens with two attached hydrogens (primary N) is 1. The number of nitrogens with zero attached hydrogens (tertiary/aromatic N) is 1. The maximum Gasteiger partial charge on any atom is 0.263 e. The van der Waals surface area contributed by atoms with E-state index in [1.807, 2.05) is 29.5 Å². The van der Waals surface area contributed by atoms with E-state index in [0.29, 0.717) is 5.56 Å². The minimum atomic E-state index is -3.77. The minimum Gasteiger partial charge on any atom is -0.369 e. The molecule has 0 bridgehead atoms. The predicted octanol–water partition coefficient (Wildman–Crippen LogP) is 1.82. The van der Waals surface area contributed by atoms with E-state index in [2.05, 4.69) is 9.71 Å². The van der Waals surface area contributed by atoms with Crippen molar-refractivity contribution in [1.82, 2.24) is 4.98 Å². The zero-order valence-electron chi connectivity index (χ0n) is 11.7. The smallest absolute Gasteiger partial charge is 0.263 e. The van der Waals surface area contributed by atoms with Crippen LogP contribution in [0.25, 0.3) is 0 Å². The van der Waals surface area contributed by atoms with Crippen molar-refractivity contribution < 1.29 is 13.2 Å². The van der Waals surface area contributed by atoms with Crippen LogP contribution in [0.5, 0.6) is 0 Å². The Hall–Kier alpha value is -1.68. The molecule has 8 heteroatoms.